The van der Waals surface area contributed by atoms with Gasteiger partial charge in [0.25, 0.3) is 5.56 Å². The zero-order chi connectivity index (χ0) is 24.5. The molecule has 2 aliphatic rings. The first kappa shape index (κ1) is 22.3. The second kappa shape index (κ2) is 9.05. The Balaban J connectivity index is 1.39. The molecule has 5 rings (SSSR count). The van der Waals surface area contributed by atoms with Crippen LogP contribution in [0.5, 0.6) is 0 Å². The molecule has 0 aliphatic carbocycles. The highest BCUT2D eigenvalue weighted by molar-refractivity contribution is 6.04. The molecule has 0 bridgehead atoms. The summed E-state index contributed by atoms with van der Waals surface area (Å²) in [6.07, 6.45) is 0.652. The maximum Gasteiger partial charge on any atom is 0.258 e. The topological polar surface area (TPSA) is 136 Å². The van der Waals surface area contributed by atoms with Crippen LogP contribution in [0.4, 0.5) is 23.1 Å². The Morgan fingerprint density at radius 3 is 2.40 bits per heavy atom. The molecule has 10 nitrogen and oxygen atoms in total. The van der Waals surface area contributed by atoms with Crippen molar-refractivity contribution in [3.05, 3.63) is 75.6 Å². The van der Waals surface area contributed by atoms with Crippen molar-refractivity contribution < 1.29 is 14.4 Å². The number of hydrogen-bond donors (Lipinski definition) is 4. The number of hydrogen-bond acceptors (Lipinski definition) is 6. The Morgan fingerprint density at radius 2 is 1.69 bits per heavy atom. The van der Waals surface area contributed by atoms with Crippen LogP contribution in [0.15, 0.2) is 53.3 Å². The molecule has 0 radical (unpaired) electrons. The fourth-order valence-electron chi connectivity index (χ4n) is 4.48. The van der Waals surface area contributed by atoms with Crippen molar-refractivity contribution in [1.29, 1.82) is 0 Å². The van der Waals surface area contributed by atoms with E-state index in [9.17, 15) is 19.2 Å². The maximum atomic E-state index is 13.1. The SMILES string of the molecule is CC(=O)Nc1ccc(NC(=O)[C@@H]2CC(=O)Nc3nc(N4CCc5ccccc5C4)[nH]c(=O)c32)cc1. The largest absolute Gasteiger partial charge is 0.338 e. The number of aromatic amines is 1. The van der Waals surface area contributed by atoms with Crippen LogP contribution < -0.4 is 26.4 Å². The number of H-pyrrole nitrogens is 1. The summed E-state index contributed by atoms with van der Waals surface area (Å²) in [6, 6.07) is 14.7. The Bertz CT molecular complexity index is 1380. The highest BCUT2D eigenvalue weighted by Gasteiger charge is 2.35. The van der Waals surface area contributed by atoms with Gasteiger partial charge in [0.2, 0.25) is 23.7 Å². The molecule has 3 heterocycles. The van der Waals surface area contributed by atoms with Crippen LogP contribution in [0, 0.1) is 0 Å². The van der Waals surface area contributed by atoms with Gasteiger partial charge in [0.15, 0.2) is 0 Å². The number of rotatable bonds is 4. The Hall–Kier alpha value is -4.47. The van der Waals surface area contributed by atoms with E-state index in [1.54, 1.807) is 24.3 Å². The summed E-state index contributed by atoms with van der Waals surface area (Å²) < 4.78 is 0. The molecule has 178 valence electrons. The summed E-state index contributed by atoms with van der Waals surface area (Å²) in [4.78, 5) is 59.0. The third-order valence-corrected chi connectivity index (χ3v) is 6.16. The third kappa shape index (κ3) is 4.63. The van der Waals surface area contributed by atoms with Crippen LogP contribution in [0.2, 0.25) is 0 Å². The van der Waals surface area contributed by atoms with Crippen molar-refractivity contribution in [2.45, 2.75) is 32.2 Å². The molecule has 10 heteroatoms. The smallest absolute Gasteiger partial charge is 0.258 e. The van der Waals surface area contributed by atoms with E-state index < -0.39 is 17.4 Å². The number of aromatic nitrogens is 2. The van der Waals surface area contributed by atoms with Gasteiger partial charge in [-0.25, -0.2) is 0 Å². The molecule has 1 atom stereocenters. The second-order valence-corrected chi connectivity index (χ2v) is 8.64. The lowest BCUT2D eigenvalue weighted by atomic mass is 9.92. The average molecular weight is 473 g/mol. The molecule has 0 saturated carbocycles. The van der Waals surface area contributed by atoms with Crippen LogP contribution >= 0.6 is 0 Å². The molecule has 3 aromatic rings. The van der Waals surface area contributed by atoms with Gasteiger partial charge in [-0.15, -0.1) is 0 Å². The van der Waals surface area contributed by atoms with Gasteiger partial charge >= 0.3 is 0 Å². The number of amides is 3. The molecule has 2 aliphatic heterocycles. The fraction of sp³-hybridized carbons (Fsp3) is 0.240. The molecule has 4 N–H and O–H groups in total. The lowest BCUT2D eigenvalue weighted by Gasteiger charge is -2.30. The van der Waals surface area contributed by atoms with E-state index >= 15 is 0 Å². The predicted molar refractivity (Wildman–Crippen MR) is 131 cm³/mol. The highest BCUT2D eigenvalue weighted by Crippen LogP contribution is 2.31. The van der Waals surface area contributed by atoms with Crippen molar-refractivity contribution in [1.82, 2.24) is 9.97 Å². The van der Waals surface area contributed by atoms with Gasteiger partial charge in [0.1, 0.15) is 5.82 Å². The first-order chi connectivity index (χ1) is 16.9. The first-order valence-corrected chi connectivity index (χ1v) is 11.3. The normalized spacial score (nSPS) is 16.5. The summed E-state index contributed by atoms with van der Waals surface area (Å²) >= 11 is 0. The lowest BCUT2D eigenvalue weighted by Crippen LogP contribution is -2.38. The van der Waals surface area contributed by atoms with E-state index in [-0.39, 0.29) is 29.6 Å². The van der Waals surface area contributed by atoms with Gasteiger partial charge in [-0.05, 0) is 41.8 Å². The summed E-state index contributed by atoms with van der Waals surface area (Å²) in [5, 5.41) is 8.05. The summed E-state index contributed by atoms with van der Waals surface area (Å²) in [6.45, 7) is 2.66. The van der Waals surface area contributed by atoms with Crippen LogP contribution in [-0.2, 0) is 27.3 Å². The molecular formula is C25H24N6O4. The first-order valence-electron chi connectivity index (χ1n) is 11.3. The molecule has 0 fully saturated rings. The standard InChI is InChI=1S/C25H24N6O4/c1-14(32)26-17-6-8-18(9-7-17)27-23(34)19-12-20(33)28-22-21(19)24(35)30-25(29-22)31-11-10-15-4-2-3-5-16(15)13-31/h2-9,19H,10-13H2,1H3,(H,26,32)(H,27,34)(H2,28,29,30,33,35)/t19-/m1/s1. The van der Waals surface area contributed by atoms with E-state index in [1.165, 1.54) is 12.5 Å². The van der Waals surface area contributed by atoms with Crippen molar-refractivity contribution in [2.75, 3.05) is 27.4 Å². The molecule has 1 aromatic heterocycles. The van der Waals surface area contributed by atoms with Gasteiger partial charge in [-0.3, -0.25) is 24.2 Å². The van der Waals surface area contributed by atoms with Crippen LogP contribution in [0.3, 0.4) is 0 Å². The zero-order valence-corrected chi connectivity index (χ0v) is 19.1. The number of carbonyl (C=O) groups is 3. The minimum Gasteiger partial charge on any atom is -0.338 e. The van der Waals surface area contributed by atoms with Gasteiger partial charge in [-0.2, -0.15) is 4.98 Å². The molecule has 2 aromatic carbocycles. The van der Waals surface area contributed by atoms with Gasteiger partial charge in [0, 0.05) is 37.8 Å². The van der Waals surface area contributed by atoms with Crippen LogP contribution in [0.25, 0.3) is 0 Å². The molecule has 35 heavy (non-hydrogen) atoms. The second-order valence-electron chi connectivity index (χ2n) is 8.64. The monoisotopic (exact) mass is 472 g/mol. The van der Waals surface area contributed by atoms with E-state index in [0.717, 1.165) is 12.0 Å². The number of nitrogens with zero attached hydrogens (tertiary/aromatic N) is 2. The molecule has 0 unspecified atom stereocenters. The highest BCUT2D eigenvalue weighted by atomic mass is 16.2. The van der Waals surface area contributed by atoms with E-state index in [4.69, 9.17) is 0 Å². The van der Waals surface area contributed by atoms with Crippen LogP contribution in [0.1, 0.15) is 36.0 Å². The minimum absolute atomic E-state index is 0.111. The number of nitrogens with one attached hydrogen (secondary N) is 4. The number of benzene rings is 2. The number of carbonyl (C=O) groups excluding carboxylic acids is 3. The number of anilines is 4. The van der Waals surface area contributed by atoms with Gasteiger partial charge in [-0.1, -0.05) is 24.3 Å². The number of fused-ring (bicyclic) bond motifs is 2. The van der Waals surface area contributed by atoms with Crippen molar-refractivity contribution in [2.24, 2.45) is 0 Å². The fourth-order valence-corrected chi connectivity index (χ4v) is 4.48. The summed E-state index contributed by atoms with van der Waals surface area (Å²) in [5.74, 6) is -1.59. The Kier molecular flexibility index (Phi) is 5.77. The zero-order valence-electron chi connectivity index (χ0n) is 19.1. The Labute approximate surface area is 200 Å². The van der Waals surface area contributed by atoms with E-state index in [1.807, 2.05) is 23.1 Å². The predicted octanol–water partition coefficient (Wildman–Crippen LogP) is 2.36. The third-order valence-electron chi connectivity index (χ3n) is 6.16. The lowest BCUT2D eigenvalue weighted by molar-refractivity contribution is -0.123. The molecule has 3 amide bonds. The maximum absolute atomic E-state index is 13.1. The molecule has 0 spiro atoms. The molecule has 0 saturated heterocycles. The van der Waals surface area contributed by atoms with Gasteiger partial charge < -0.3 is 20.9 Å². The quantitative estimate of drug-likeness (QED) is 0.460. The average Bonchev–Trinajstić information content (AvgIpc) is 2.83. The van der Waals surface area contributed by atoms with Crippen molar-refractivity contribution >= 4 is 40.9 Å². The van der Waals surface area contributed by atoms with Crippen molar-refractivity contribution in [3.8, 4) is 0 Å². The van der Waals surface area contributed by atoms with E-state index in [0.29, 0.717) is 30.4 Å². The summed E-state index contributed by atoms with van der Waals surface area (Å²) in [5.41, 5.74) is 3.17. The summed E-state index contributed by atoms with van der Waals surface area (Å²) in [7, 11) is 0. The van der Waals surface area contributed by atoms with Gasteiger partial charge in [0.05, 0.1) is 11.5 Å². The van der Waals surface area contributed by atoms with Crippen molar-refractivity contribution in [3.63, 3.8) is 0 Å². The molecular weight excluding hydrogens is 448 g/mol. The minimum atomic E-state index is -0.985. The van der Waals surface area contributed by atoms with E-state index in [2.05, 4.69) is 32.0 Å². The van der Waals surface area contributed by atoms with Crippen LogP contribution in [-0.4, -0.2) is 34.2 Å². The Morgan fingerprint density at radius 1 is 1.00 bits per heavy atom.